The largest absolute Gasteiger partial charge is 0.386 e. The third-order valence-corrected chi connectivity index (χ3v) is 2.49. The van der Waals surface area contributed by atoms with E-state index in [1.807, 2.05) is 24.3 Å². The summed E-state index contributed by atoms with van der Waals surface area (Å²) in [6.07, 6.45) is 0. The molecule has 0 fully saturated rings. The molecule has 1 aromatic carbocycles. The summed E-state index contributed by atoms with van der Waals surface area (Å²) in [6, 6.07) is 7.36. The molecule has 0 amide bonds. The maximum Gasteiger partial charge on any atom is 0.123 e. The average molecular weight is 210 g/mol. The fourth-order valence-corrected chi connectivity index (χ4v) is 1.33. The van der Waals surface area contributed by atoms with E-state index in [1.54, 1.807) is 27.7 Å². The summed E-state index contributed by atoms with van der Waals surface area (Å²) in [6.45, 7) is 6.96. The summed E-state index contributed by atoms with van der Waals surface area (Å²) in [5.41, 5.74) is -0.0299. The van der Waals surface area contributed by atoms with Crippen LogP contribution in [0.4, 0.5) is 0 Å². The topological polar surface area (TPSA) is 49.7 Å². The first-order valence-corrected chi connectivity index (χ1v) is 4.93. The zero-order valence-corrected chi connectivity index (χ0v) is 9.61. The molecule has 0 aliphatic carbocycles. The Kier molecular flexibility index (Phi) is 3.19. The van der Waals surface area contributed by atoms with Crippen LogP contribution in [0.15, 0.2) is 24.3 Å². The van der Waals surface area contributed by atoms with Gasteiger partial charge in [-0.1, -0.05) is 18.2 Å². The fourth-order valence-electron chi connectivity index (χ4n) is 1.33. The molecule has 1 rings (SSSR count). The van der Waals surface area contributed by atoms with Gasteiger partial charge in [-0.2, -0.15) is 0 Å². The quantitative estimate of drug-likeness (QED) is 0.595. The first-order chi connectivity index (χ1) is 6.77. The molecule has 1 aromatic rings. The molecule has 0 atom stereocenters. The van der Waals surface area contributed by atoms with Crippen molar-refractivity contribution < 1.29 is 15.3 Å². The standard InChI is InChI=1S/C12H18O3/c1-11(2,13)9-6-5-7-10(8-9)12(3,4)15-14/h5-8,13-14H,1-4H3. The van der Waals surface area contributed by atoms with Crippen molar-refractivity contribution in [1.29, 1.82) is 0 Å². The van der Waals surface area contributed by atoms with Gasteiger partial charge in [-0.3, -0.25) is 5.26 Å². The van der Waals surface area contributed by atoms with Crippen molar-refractivity contribution in [2.24, 2.45) is 0 Å². The zero-order chi connectivity index (χ0) is 11.7. The van der Waals surface area contributed by atoms with Crippen LogP contribution in [0.25, 0.3) is 0 Å². The lowest BCUT2D eigenvalue weighted by Crippen LogP contribution is -2.22. The Morgan fingerprint density at radius 2 is 1.60 bits per heavy atom. The molecule has 0 saturated carbocycles. The van der Waals surface area contributed by atoms with Gasteiger partial charge in [-0.15, -0.1) is 0 Å². The minimum atomic E-state index is -0.887. The third kappa shape index (κ3) is 2.78. The van der Waals surface area contributed by atoms with E-state index in [9.17, 15) is 5.11 Å². The van der Waals surface area contributed by atoms with Gasteiger partial charge in [-0.25, -0.2) is 4.89 Å². The predicted molar refractivity (Wildman–Crippen MR) is 58.4 cm³/mol. The zero-order valence-electron chi connectivity index (χ0n) is 9.61. The van der Waals surface area contributed by atoms with Crippen LogP contribution in [-0.2, 0) is 16.1 Å². The number of hydrogen-bond donors (Lipinski definition) is 2. The summed E-state index contributed by atoms with van der Waals surface area (Å²) in [4.78, 5) is 4.41. The maximum absolute atomic E-state index is 9.85. The molecular formula is C12H18O3. The lowest BCUT2D eigenvalue weighted by Gasteiger charge is -2.24. The van der Waals surface area contributed by atoms with Crippen LogP contribution in [0.3, 0.4) is 0 Å². The Hall–Kier alpha value is -0.900. The van der Waals surface area contributed by atoms with Crippen molar-refractivity contribution in [3.05, 3.63) is 35.4 Å². The van der Waals surface area contributed by atoms with E-state index in [0.717, 1.165) is 11.1 Å². The molecule has 0 aliphatic heterocycles. The van der Waals surface area contributed by atoms with E-state index >= 15 is 0 Å². The monoisotopic (exact) mass is 210 g/mol. The second-order valence-electron chi connectivity index (χ2n) is 4.74. The molecule has 0 heterocycles. The summed E-state index contributed by atoms with van der Waals surface area (Å²) in [5, 5.41) is 18.6. The summed E-state index contributed by atoms with van der Waals surface area (Å²) in [7, 11) is 0. The van der Waals surface area contributed by atoms with Crippen molar-refractivity contribution in [2.75, 3.05) is 0 Å². The molecule has 3 nitrogen and oxygen atoms in total. The second kappa shape index (κ2) is 3.93. The summed E-state index contributed by atoms with van der Waals surface area (Å²) in [5.74, 6) is 0. The van der Waals surface area contributed by atoms with E-state index in [-0.39, 0.29) is 0 Å². The van der Waals surface area contributed by atoms with Gasteiger partial charge >= 0.3 is 0 Å². The van der Waals surface area contributed by atoms with Crippen LogP contribution in [0.1, 0.15) is 38.8 Å². The van der Waals surface area contributed by atoms with Gasteiger partial charge in [-0.05, 0) is 44.9 Å². The highest BCUT2D eigenvalue weighted by Crippen LogP contribution is 2.27. The van der Waals surface area contributed by atoms with Gasteiger partial charge < -0.3 is 5.11 Å². The molecule has 84 valence electrons. The second-order valence-corrected chi connectivity index (χ2v) is 4.74. The number of aliphatic hydroxyl groups is 1. The molecule has 0 bridgehead atoms. The summed E-state index contributed by atoms with van der Waals surface area (Å²) >= 11 is 0. The molecule has 3 heteroatoms. The lowest BCUT2D eigenvalue weighted by molar-refractivity contribution is -0.318. The maximum atomic E-state index is 9.85. The highest BCUT2D eigenvalue weighted by molar-refractivity contribution is 5.30. The Morgan fingerprint density at radius 3 is 2.07 bits per heavy atom. The van der Waals surface area contributed by atoms with Crippen molar-refractivity contribution in [2.45, 2.75) is 38.9 Å². The average Bonchev–Trinajstić information content (AvgIpc) is 2.17. The first kappa shape index (κ1) is 12.2. The van der Waals surface area contributed by atoms with E-state index in [4.69, 9.17) is 5.26 Å². The van der Waals surface area contributed by atoms with Crippen LogP contribution < -0.4 is 0 Å². The highest BCUT2D eigenvalue weighted by Gasteiger charge is 2.24. The Balaban J connectivity index is 3.14. The molecule has 2 N–H and O–H groups in total. The molecular weight excluding hydrogens is 192 g/mol. The Morgan fingerprint density at radius 1 is 1.07 bits per heavy atom. The van der Waals surface area contributed by atoms with Crippen molar-refractivity contribution in [3.8, 4) is 0 Å². The van der Waals surface area contributed by atoms with Crippen molar-refractivity contribution in [1.82, 2.24) is 0 Å². The van der Waals surface area contributed by atoms with Gasteiger partial charge in [0.1, 0.15) is 5.60 Å². The van der Waals surface area contributed by atoms with Gasteiger partial charge in [0.2, 0.25) is 0 Å². The van der Waals surface area contributed by atoms with Crippen LogP contribution in [-0.4, -0.2) is 10.4 Å². The molecule has 0 unspecified atom stereocenters. The van der Waals surface area contributed by atoms with Crippen LogP contribution in [0.5, 0.6) is 0 Å². The molecule has 15 heavy (non-hydrogen) atoms. The molecule has 0 aromatic heterocycles. The predicted octanol–water partition coefficient (Wildman–Crippen LogP) is 2.64. The minimum Gasteiger partial charge on any atom is -0.386 e. The Bertz CT molecular complexity index is 337. The van der Waals surface area contributed by atoms with E-state index in [1.165, 1.54) is 0 Å². The third-order valence-electron chi connectivity index (χ3n) is 2.49. The molecule has 0 radical (unpaired) electrons. The van der Waals surface area contributed by atoms with Gasteiger partial charge in [0.15, 0.2) is 0 Å². The SMILES string of the molecule is CC(C)(O)c1cccc(C(C)(C)OO)c1. The van der Waals surface area contributed by atoms with Gasteiger partial charge in [0, 0.05) is 0 Å². The summed E-state index contributed by atoms with van der Waals surface area (Å²) < 4.78 is 0. The van der Waals surface area contributed by atoms with E-state index in [0.29, 0.717) is 0 Å². The lowest BCUT2D eigenvalue weighted by atomic mass is 9.91. The van der Waals surface area contributed by atoms with Crippen molar-refractivity contribution in [3.63, 3.8) is 0 Å². The number of benzene rings is 1. The van der Waals surface area contributed by atoms with Crippen LogP contribution in [0, 0.1) is 0 Å². The first-order valence-electron chi connectivity index (χ1n) is 4.93. The normalized spacial score (nSPS) is 12.9. The smallest absolute Gasteiger partial charge is 0.123 e. The number of rotatable bonds is 3. The Labute approximate surface area is 90.3 Å². The molecule has 0 spiro atoms. The minimum absolute atomic E-state index is 0.763. The van der Waals surface area contributed by atoms with Gasteiger partial charge in [0.25, 0.3) is 0 Å². The van der Waals surface area contributed by atoms with Crippen LogP contribution >= 0.6 is 0 Å². The van der Waals surface area contributed by atoms with Crippen molar-refractivity contribution >= 4 is 0 Å². The fraction of sp³-hybridized carbons (Fsp3) is 0.500. The molecule has 0 saturated heterocycles. The van der Waals surface area contributed by atoms with E-state index < -0.39 is 11.2 Å². The van der Waals surface area contributed by atoms with E-state index in [2.05, 4.69) is 4.89 Å². The van der Waals surface area contributed by atoms with Crippen LogP contribution in [0.2, 0.25) is 0 Å². The highest BCUT2D eigenvalue weighted by atomic mass is 17.1. The van der Waals surface area contributed by atoms with Gasteiger partial charge in [0.05, 0.1) is 5.60 Å². The molecule has 0 aliphatic rings. The number of hydrogen-bond acceptors (Lipinski definition) is 3.